The standard InChI is InChI=1S/C11H17BF3NO4/c1-4-9(17)20-12(16(2)6-10(18)19-3)8-5-7(8)11(13,14)15/h7-8H,4-6H2,1-3H3/t7-,8-/m1/s1. The summed E-state index contributed by atoms with van der Waals surface area (Å²) in [7, 11) is 1.54. The third-order valence-electron chi connectivity index (χ3n) is 3.21. The molecule has 0 N–H and O–H groups in total. The van der Waals surface area contributed by atoms with Gasteiger partial charge in [0.15, 0.2) is 0 Å². The van der Waals surface area contributed by atoms with E-state index in [4.69, 9.17) is 4.65 Å². The summed E-state index contributed by atoms with van der Waals surface area (Å²) >= 11 is 0. The van der Waals surface area contributed by atoms with Crippen LogP contribution in [0.15, 0.2) is 0 Å². The van der Waals surface area contributed by atoms with E-state index in [0.29, 0.717) is 0 Å². The Balaban J connectivity index is 2.72. The molecule has 0 aromatic rings. The molecule has 1 aliphatic carbocycles. The number of ether oxygens (including phenoxy) is 1. The number of carbonyl (C=O) groups excluding carboxylic acids is 2. The quantitative estimate of drug-likeness (QED) is 0.549. The second-order valence-corrected chi connectivity index (χ2v) is 4.77. The molecule has 0 bridgehead atoms. The number of alkyl halides is 3. The van der Waals surface area contributed by atoms with Crippen molar-refractivity contribution in [2.45, 2.75) is 31.8 Å². The molecular formula is C11H17BF3NO4. The van der Waals surface area contributed by atoms with E-state index < -0.39 is 36.9 Å². The van der Waals surface area contributed by atoms with Crippen LogP contribution in [0, 0.1) is 5.92 Å². The Kier molecular flexibility index (Phi) is 5.44. The zero-order chi connectivity index (χ0) is 15.5. The molecule has 0 heterocycles. The highest BCUT2D eigenvalue weighted by atomic mass is 19.4. The third kappa shape index (κ3) is 4.40. The Morgan fingerprint density at radius 3 is 2.35 bits per heavy atom. The van der Waals surface area contributed by atoms with Crippen molar-refractivity contribution in [3.8, 4) is 0 Å². The van der Waals surface area contributed by atoms with Gasteiger partial charge in [-0.15, -0.1) is 0 Å². The lowest BCUT2D eigenvalue weighted by Gasteiger charge is -2.23. The summed E-state index contributed by atoms with van der Waals surface area (Å²) in [5.41, 5.74) is 0. The Hall–Kier alpha value is -1.25. The Labute approximate surface area is 115 Å². The average molecular weight is 295 g/mol. The van der Waals surface area contributed by atoms with Gasteiger partial charge in [-0.25, -0.2) is 0 Å². The fourth-order valence-electron chi connectivity index (χ4n) is 1.99. The predicted molar refractivity (Wildman–Crippen MR) is 64.7 cm³/mol. The molecule has 0 unspecified atom stereocenters. The molecule has 5 nitrogen and oxygen atoms in total. The van der Waals surface area contributed by atoms with Crippen LogP contribution in [0.2, 0.25) is 5.82 Å². The van der Waals surface area contributed by atoms with E-state index in [0.717, 1.165) is 0 Å². The number of hydrogen-bond donors (Lipinski definition) is 0. The number of hydrogen-bond acceptors (Lipinski definition) is 5. The molecule has 114 valence electrons. The van der Waals surface area contributed by atoms with Gasteiger partial charge in [-0.2, -0.15) is 13.2 Å². The minimum Gasteiger partial charge on any atom is -0.520 e. The number of rotatable bonds is 6. The Morgan fingerprint density at radius 1 is 1.35 bits per heavy atom. The monoisotopic (exact) mass is 295 g/mol. The first-order chi connectivity index (χ1) is 9.20. The first-order valence-corrected chi connectivity index (χ1v) is 6.24. The molecule has 0 aromatic heterocycles. The molecule has 0 aliphatic heterocycles. The van der Waals surface area contributed by atoms with Crippen molar-refractivity contribution in [2.75, 3.05) is 20.7 Å². The molecular weight excluding hydrogens is 278 g/mol. The lowest BCUT2D eigenvalue weighted by molar-refractivity contribution is -0.148. The van der Waals surface area contributed by atoms with Crippen LogP contribution >= 0.6 is 0 Å². The summed E-state index contributed by atoms with van der Waals surface area (Å²) < 4.78 is 47.3. The maximum Gasteiger partial charge on any atom is 0.455 e. The van der Waals surface area contributed by atoms with Crippen LogP contribution < -0.4 is 0 Å². The second-order valence-electron chi connectivity index (χ2n) is 4.77. The highest BCUT2D eigenvalue weighted by Gasteiger charge is 2.62. The minimum absolute atomic E-state index is 0.0615. The number of carbonyl (C=O) groups is 2. The van der Waals surface area contributed by atoms with E-state index in [1.54, 1.807) is 6.92 Å². The number of halogens is 3. The van der Waals surface area contributed by atoms with Gasteiger partial charge in [0.1, 0.15) is 0 Å². The van der Waals surface area contributed by atoms with Gasteiger partial charge in [-0.3, -0.25) is 14.4 Å². The summed E-state index contributed by atoms with van der Waals surface area (Å²) in [5, 5.41) is 0. The molecule has 1 saturated carbocycles. The van der Waals surface area contributed by atoms with E-state index in [2.05, 4.69) is 4.74 Å². The molecule has 0 aromatic carbocycles. The van der Waals surface area contributed by atoms with E-state index in [-0.39, 0.29) is 19.4 Å². The Morgan fingerprint density at radius 2 is 1.95 bits per heavy atom. The average Bonchev–Trinajstić information content (AvgIpc) is 3.14. The zero-order valence-corrected chi connectivity index (χ0v) is 11.6. The zero-order valence-electron chi connectivity index (χ0n) is 11.6. The molecule has 0 radical (unpaired) electrons. The first-order valence-electron chi connectivity index (χ1n) is 6.24. The second kappa shape index (κ2) is 6.47. The summed E-state index contributed by atoms with van der Waals surface area (Å²) in [6.07, 6.45) is -4.35. The summed E-state index contributed by atoms with van der Waals surface area (Å²) in [5.74, 6) is -3.52. The van der Waals surface area contributed by atoms with E-state index >= 15 is 0 Å². The lowest BCUT2D eigenvalue weighted by Crippen LogP contribution is -2.44. The fraction of sp³-hybridized carbons (Fsp3) is 0.818. The SMILES string of the molecule is CCC(=O)OB([C@@H]1C[C@H]1C(F)(F)F)N(C)CC(=O)OC. The smallest absolute Gasteiger partial charge is 0.455 e. The van der Waals surface area contributed by atoms with Gasteiger partial charge < -0.3 is 9.39 Å². The van der Waals surface area contributed by atoms with E-state index in [9.17, 15) is 22.8 Å². The van der Waals surface area contributed by atoms with Crippen LogP contribution in [0.3, 0.4) is 0 Å². The van der Waals surface area contributed by atoms with Gasteiger partial charge in [-0.05, 0) is 13.5 Å². The molecule has 1 rings (SSSR count). The van der Waals surface area contributed by atoms with Crippen molar-refractivity contribution in [2.24, 2.45) is 5.92 Å². The van der Waals surface area contributed by atoms with Crippen molar-refractivity contribution in [3.05, 3.63) is 0 Å². The molecule has 0 amide bonds. The molecule has 2 atom stereocenters. The summed E-state index contributed by atoms with van der Waals surface area (Å²) in [6.45, 7) is 1.31. The van der Waals surface area contributed by atoms with Crippen molar-refractivity contribution >= 4 is 19.0 Å². The van der Waals surface area contributed by atoms with Crippen molar-refractivity contribution < 1.29 is 32.2 Å². The normalized spacial score (nSPS) is 21.6. The van der Waals surface area contributed by atoms with Gasteiger partial charge in [0, 0.05) is 12.2 Å². The number of methoxy groups -OCH3 is 1. The van der Waals surface area contributed by atoms with Gasteiger partial charge in [0.25, 0.3) is 5.97 Å². The molecule has 1 aliphatic rings. The largest absolute Gasteiger partial charge is 0.520 e. The van der Waals surface area contributed by atoms with Crippen LogP contribution in [0.25, 0.3) is 0 Å². The first kappa shape index (κ1) is 16.8. The highest BCUT2D eigenvalue weighted by molar-refractivity contribution is 6.54. The topological polar surface area (TPSA) is 55.8 Å². The fourth-order valence-corrected chi connectivity index (χ4v) is 1.99. The molecule has 0 spiro atoms. The van der Waals surface area contributed by atoms with Gasteiger partial charge >= 0.3 is 19.2 Å². The molecule has 20 heavy (non-hydrogen) atoms. The Bertz CT molecular complexity index is 377. The van der Waals surface area contributed by atoms with Crippen LogP contribution in [-0.2, 0) is 19.0 Å². The lowest BCUT2D eigenvalue weighted by atomic mass is 9.72. The molecule has 0 saturated heterocycles. The number of nitrogens with zero attached hydrogens (tertiary/aromatic N) is 1. The number of esters is 1. The van der Waals surface area contributed by atoms with Gasteiger partial charge in [-0.1, -0.05) is 6.92 Å². The van der Waals surface area contributed by atoms with Gasteiger partial charge in [0.2, 0.25) is 0 Å². The van der Waals surface area contributed by atoms with Crippen LogP contribution in [-0.4, -0.2) is 50.7 Å². The third-order valence-corrected chi connectivity index (χ3v) is 3.21. The highest BCUT2D eigenvalue weighted by Crippen LogP contribution is 2.56. The van der Waals surface area contributed by atoms with Crippen molar-refractivity contribution in [1.82, 2.24) is 4.81 Å². The van der Waals surface area contributed by atoms with Gasteiger partial charge in [0.05, 0.1) is 19.6 Å². The van der Waals surface area contributed by atoms with Crippen molar-refractivity contribution in [1.29, 1.82) is 0 Å². The maximum atomic E-state index is 12.6. The summed E-state index contributed by atoms with van der Waals surface area (Å²) in [6, 6.07) is 0. The van der Waals surface area contributed by atoms with E-state index in [1.165, 1.54) is 19.0 Å². The van der Waals surface area contributed by atoms with Crippen LogP contribution in [0.5, 0.6) is 0 Å². The van der Waals surface area contributed by atoms with E-state index in [1.807, 2.05) is 0 Å². The molecule has 9 heteroatoms. The van der Waals surface area contributed by atoms with Crippen molar-refractivity contribution in [3.63, 3.8) is 0 Å². The number of likely N-dealkylation sites (N-methyl/N-ethyl adjacent to an activating group) is 1. The summed E-state index contributed by atoms with van der Waals surface area (Å²) in [4.78, 5) is 23.8. The minimum atomic E-state index is -4.31. The predicted octanol–water partition coefficient (Wildman–Crippen LogP) is 1.49. The van der Waals surface area contributed by atoms with Crippen LogP contribution in [0.4, 0.5) is 13.2 Å². The maximum absolute atomic E-state index is 12.6. The molecule has 1 fully saturated rings. The van der Waals surface area contributed by atoms with Crippen LogP contribution in [0.1, 0.15) is 19.8 Å².